The molecule has 1 aromatic heterocycles. The van der Waals surface area contributed by atoms with Crippen LogP contribution in [0.25, 0.3) is 0 Å². The van der Waals surface area contributed by atoms with Gasteiger partial charge in [-0.15, -0.1) is 0 Å². The maximum Gasteiger partial charge on any atom is 0.410 e. The van der Waals surface area contributed by atoms with Crippen LogP contribution in [-0.4, -0.2) is 39.2 Å². The number of hydrogen-bond donors (Lipinski definition) is 0. The third-order valence-electron chi connectivity index (χ3n) is 4.22. The fraction of sp³-hybridized carbons (Fsp3) is 0.750. The molecule has 21 heavy (non-hydrogen) atoms. The number of piperidine rings is 1. The highest BCUT2D eigenvalue weighted by atomic mass is 16.6. The Bertz CT molecular complexity index is 530. The summed E-state index contributed by atoms with van der Waals surface area (Å²) in [5.74, 6) is 1.51. The van der Waals surface area contributed by atoms with Crippen molar-refractivity contribution >= 4 is 6.09 Å². The van der Waals surface area contributed by atoms with Crippen molar-refractivity contribution in [2.75, 3.05) is 13.1 Å². The van der Waals surface area contributed by atoms with E-state index < -0.39 is 5.60 Å². The van der Waals surface area contributed by atoms with E-state index in [2.05, 4.69) is 9.55 Å². The lowest BCUT2D eigenvalue weighted by atomic mass is 9.97. The Kier molecular flexibility index (Phi) is 3.68. The number of carbonyl (C=O) groups excluding carboxylic acids is 1. The molecule has 0 N–H and O–H groups in total. The average Bonchev–Trinajstić information content (AvgIpc) is 2.99. The van der Waals surface area contributed by atoms with Gasteiger partial charge in [-0.3, -0.25) is 0 Å². The van der Waals surface area contributed by atoms with E-state index in [9.17, 15) is 4.79 Å². The highest BCUT2D eigenvalue weighted by Crippen LogP contribution is 2.30. The monoisotopic (exact) mass is 291 g/mol. The molecule has 2 aliphatic heterocycles. The molecule has 3 heterocycles. The molecule has 1 aromatic rings. The zero-order valence-corrected chi connectivity index (χ0v) is 13.3. The predicted octanol–water partition coefficient (Wildman–Crippen LogP) is 2.94. The van der Waals surface area contributed by atoms with Gasteiger partial charge in [-0.05, 0) is 46.5 Å². The second-order valence-corrected chi connectivity index (χ2v) is 7.13. The third-order valence-corrected chi connectivity index (χ3v) is 4.22. The Balaban J connectivity index is 1.70. The van der Waals surface area contributed by atoms with Gasteiger partial charge in [0.25, 0.3) is 0 Å². The largest absolute Gasteiger partial charge is 0.444 e. The second-order valence-electron chi connectivity index (χ2n) is 7.13. The van der Waals surface area contributed by atoms with E-state index in [0.717, 1.165) is 44.7 Å². The Morgan fingerprint density at radius 2 is 2.14 bits per heavy atom. The Morgan fingerprint density at radius 1 is 1.33 bits per heavy atom. The van der Waals surface area contributed by atoms with Gasteiger partial charge >= 0.3 is 6.09 Å². The first kappa shape index (κ1) is 14.4. The summed E-state index contributed by atoms with van der Waals surface area (Å²) in [6.45, 7) is 8.33. The van der Waals surface area contributed by atoms with Gasteiger partial charge in [-0.2, -0.15) is 0 Å². The molecule has 1 unspecified atom stereocenters. The molecular formula is C16H25N3O2. The van der Waals surface area contributed by atoms with Gasteiger partial charge in [-0.25, -0.2) is 9.78 Å². The van der Waals surface area contributed by atoms with E-state index in [-0.39, 0.29) is 6.09 Å². The van der Waals surface area contributed by atoms with Crippen molar-refractivity contribution in [3.63, 3.8) is 0 Å². The lowest BCUT2D eigenvalue weighted by molar-refractivity contribution is 0.0195. The molecule has 0 bridgehead atoms. The average molecular weight is 291 g/mol. The summed E-state index contributed by atoms with van der Waals surface area (Å²) in [5, 5.41) is 0. The Labute approximate surface area is 126 Å². The fourth-order valence-electron chi connectivity index (χ4n) is 3.31. The SMILES string of the molecule is CC(C)(C)OC(=O)N1CCCC(c2ncc3n2CCC3)C1. The molecule has 116 valence electrons. The van der Waals surface area contributed by atoms with Crippen molar-refractivity contribution in [1.82, 2.24) is 14.5 Å². The number of fused-ring (bicyclic) bond motifs is 1. The highest BCUT2D eigenvalue weighted by Gasteiger charge is 2.31. The van der Waals surface area contributed by atoms with Crippen molar-refractivity contribution < 1.29 is 9.53 Å². The first-order valence-electron chi connectivity index (χ1n) is 7.96. The summed E-state index contributed by atoms with van der Waals surface area (Å²) in [7, 11) is 0. The van der Waals surface area contributed by atoms with Gasteiger partial charge in [0.1, 0.15) is 11.4 Å². The normalized spacial score (nSPS) is 22.2. The summed E-state index contributed by atoms with van der Waals surface area (Å²) >= 11 is 0. The minimum absolute atomic E-state index is 0.194. The third kappa shape index (κ3) is 3.06. The predicted molar refractivity (Wildman–Crippen MR) is 80.3 cm³/mol. The molecule has 1 atom stereocenters. The number of nitrogens with zero attached hydrogens (tertiary/aromatic N) is 3. The molecular weight excluding hydrogens is 266 g/mol. The van der Waals surface area contributed by atoms with Crippen LogP contribution in [0.3, 0.4) is 0 Å². The van der Waals surface area contributed by atoms with Crippen molar-refractivity contribution in [1.29, 1.82) is 0 Å². The van der Waals surface area contributed by atoms with Gasteiger partial charge in [0, 0.05) is 37.4 Å². The fourth-order valence-corrected chi connectivity index (χ4v) is 3.31. The van der Waals surface area contributed by atoms with Crippen molar-refractivity contribution in [2.45, 2.75) is 64.5 Å². The lowest BCUT2D eigenvalue weighted by Crippen LogP contribution is -2.42. The van der Waals surface area contributed by atoms with Crippen LogP contribution < -0.4 is 0 Å². The molecule has 0 spiro atoms. The smallest absolute Gasteiger partial charge is 0.410 e. The molecule has 0 aliphatic carbocycles. The van der Waals surface area contributed by atoms with E-state index in [0.29, 0.717) is 5.92 Å². The zero-order valence-electron chi connectivity index (χ0n) is 13.3. The van der Waals surface area contributed by atoms with Crippen LogP contribution in [-0.2, 0) is 17.7 Å². The van der Waals surface area contributed by atoms with E-state index in [1.54, 1.807) is 0 Å². The van der Waals surface area contributed by atoms with Crippen LogP contribution >= 0.6 is 0 Å². The zero-order chi connectivity index (χ0) is 15.0. The van der Waals surface area contributed by atoms with Crippen LogP contribution in [0.15, 0.2) is 6.20 Å². The molecule has 3 rings (SSSR count). The van der Waals surface area contributed by atoms with Gasteiger partial charge in [0.15, 0.2) is 0 Å². The van der Waals surface area contributed by atoms with Crippen molar-refractivity contribution in [3.05, 3.63) is 17.7 Å². The van der Waals surface area contributed by atoms with Crippen molar-refractivity contribution in [2.24, 2.45) is 0 Å². The van der Waals surface area contributed by atoms with Crippen LogP contribution in [0.5, 0.6) is 0 Å². The lowest BCUT2D eigenvalue weighted by Gasteiger charge is -2.34. The summed E-state index contributed by atoms with van der Waals surface area (Å²) < 4.78 is 7.85. The Morgan fingerprint density at radius 3 is 2.90 bits per heavy atom. The van der Waals surface area contributed by atoms with Gasteiger partial charge in [-0.1, -0.05) is 0 Å². The van der Waals surface area contributed by atoms with E-state index in [4.69, 9.17) is 4.74 Å². The number of aryl methyl sites for hydroxylation is 1. The van der Waals surface area contributed by atoms with Crippen LogP contribution in [0.1, 0.15) is 57.5 Å². The highest BCUT2D eigenvalue weighted by molar-refractivity contribution is 5.68. The maximum absolute atomic E-state index is 12.2. The second kappa shape index (κ2) is 5.35. The topological polar surface area (TPSA) is 47.4 Å². The van der Waals surface area contributed by atoms with Crippen LogP contribution in [0.2, 0.25) is 0 Å². The van der Waals surface area contributed by atoms with Crippen LogP contribution in [0.4, 0.5) is 4.79 Å². The first-order chi connectivity index (χ1) is 9.94. The van der Waals surface area contributed by atoms with Crippen molar-refractivity contribution in [3.8, 4) is 0 Å². The molecule has 0 saturated carbocycles. The minimum Gasteiger partial charge on any atom is -0.444 e. The number of amides is 1. The summed E-state index contributed by atoms with van der Waals surface area (Å²) in [5.41, 5.74) is 0.915. The number of imidazole rings is 1. The number of carbonyl (C=O) groups is 1. The van der Waals surface area contributed by atoms with Gasteiger partial charge in [0.05, 0.1) is 0 Å². The summed E-state index contributed by atoms with van der Waals surface area (Å²) in [6, 6.07) is 0. The molecule has 5 heteroatoms. The maximum atomic E-state index is 12.2. The Hall–Kier alpha value is -1.52. The number of rotatable bonds is 1. The first-order valence-corrected chi connectivity index (χ1v) is 7.96. The molecule has 1 fully saturated rings. The molecule has 1 saturated heterocycles. The van der Waals surface area contributed by atoms with E-state index in [1.165, 1.54) is 12.1 Å². The molecule has 0 aromatic carbocycles. The number of aromatic nitrogens is 2. The minimum atomic E-state index is -0.432. The van der Waals surface area contributed by atoms with Crippen LogP contribution in [0, 0.1) is 0 Å². The number of ether oxygens (including phenoxy) is 1. The number of hydrogen-bond acceptors (Lipinski definition) is 3. The van der Waals surface area contributed by atoms with Gasteiger partial charge < -0.3 is 14.2 Å². The molecule has 5 nitrogen and oxygen atoms in total. The standard InChI is InChI=1S/C16H25N3O2/c1-16(2,3)21-15(20)18-8-4-6-12(11-18)14-17-10-13-7-5-9-19(13)14/h10,12H,4-9,11H2,1-3H3. The van der Waals surface area contributed by atoms with E-state index >= 15 is 0 Å². The van der Waals surface area contributed by atoms with E-state index in [1.807, 2.05) is 31.9 Å². The summed E-state index contributed by atoms with van der Waals surface area (Å²) in [6.07, 6.45) is 6.29. The number of likely N-dealkylation sites (tertiary alicyclic amines) is 1. The quantitative estimate of drug-likeness (QED) is 0.799. The molecule has 2 aliphatic rings. The molecule has 1 amide bonds. The summed E-state index contributed by atoms with van der Waals surface area (Å²) in [4.78, 5) is 18.7. The molecule has 0 radical (unpaired) electrons. The van der Waals surface area contributed by atoms with Gasteiger partial charge in [0.2, 0.25) is 0 Å².